The summed E-state index contributed by atoms with van der Waals surface area (Å²) in [6.07, 6.45) is 7.93. The van der Waals surface area contributed by atoms with Gasteiger partial charge in [0.2, 0.25) is 0 Å². The van der Waals surface area contributed by atoms with Crippen molar-refractivity contribution in [3.63, 3.8) is 0 Å². The van der Waals surface area contributed by atoms with Crippen LogP contribution in [0.2, 0.25) is 0 Å². The molecular weight excluding hydrogens is 290 g/mol. The summed E-state index contributed by atoms with van der Waals surface area (Å²) in [7, 11) is 0. The van der Waals surface area contributed by atoms with E-state index in [1.807, 2.05) is 24.5 Å². The number of hydrogen-bond donors (Lipinski definition) is 1. The molecule has 3 nitrogen and oxygen atoms in total. The van der Waals surface area contributed by atoms with Crippen molar-refractivity contribution in [1.29, 1.82) is 0 Å². The van der Waals surface area contributed by atoms with Crippen LogP contribution in [0.5, 0.6) is 0 Å². The molecule has 0 amide bonds. The van der Waals surface area contributed by atoms with Crippen molar-refractivity contribution in [3.8, 4) is 11.1 Å². The van der Waals surface area contributed by atoms with Gasteiger partial charge in [-0.1, -0.05) is 12.1 Å². The highest BCUT2D eigenvalue weighted by molar-refractivity contribution is 7.97. The molecule has 0 fully saturated rings. The van der Waals surface area contributed by atoms with Crippen LogP contribution in [0.4, 0.5) is 5.69 Å². The van der Waals surface area contributed by atoms with Crippen molar-refractivity contribution in [2.24, 2.45) is 4.99 Å². The lowest BCUT2D eigenvalue weighted by molar-refractivity contribution is 1.31. The van der Waals surface area contributed by atoms with Crippen LogP contribution in [0.1, 0.15) is 0 Å². The Morgan fingerprint density at radius 1 is 1.05 bits per heavy atom. The van der Waals surface area contributed by atoms with Crippen LogP contribution in [0.25, 0.3) is 28.1 Å². The fourth-order valence-corrected chi connectivity index (χ4v) is 3.88. The van der Waals surface area contributed by atoms with E-state index < -0.39 is 0 Å². The van der Waals surface area contributed by atoms with Crippen LogP contribution < -0.4 is 15.3 Å². The first-order chi connectivity index (χ1) is 10.9. The SMILES string of the molecule is C1=CNSc2c3c(ccc2=C1)=Nc1c-3ccc2ncccc12. The van der Waals surface area contributed by atoms with Gasteiger partial charge in [-0.3, -0.25) is 4.98 Å². The van der Waals surface area contributed by atoms with Crippen molar-refractivity contribution in [2.45, 2.75) is 4.90 Å². The van der Waals surface area contributed by atoms with Gasteiger partial charge in [0.15, 0.2) is 0 Å². The zero-order valence-electron chi connectivity index (χ0n) is 11.6. The number of allylic oxidation sites excluding steroid dienone is 1. The van der Waals surface area contributed by atoms with Gasteiger partial charge in [0, 0.05) is 33.8 Å². The summed E-state index contributed by atoms with van der Waals surface area (Å²) in [6, 6.07) is 12.5. The van der Waals surface area contributed by atoms with Gasteiger partial charge in [-0.25, -0.2) is 4.99 Å². The highest BCUT2D eigenvalue weighted by Gasteiger charge is 2.21. The first kappa shape index (κ1) is 12.0. The van der Waals surface area contributed by atoms with Crippen LogP contribution in [0, 0.1) is 0 Å². The Kier molecular flexibility index (Phi) is 2.43. The summed E-state index contributed by atoms with van der Waals surface area (Å²) in [5, 5.41) is 3.37. The van der Waals surface area contributed by atoms with Gasteiger partial charge in [0.05, 0.1) is 16.6 Å². The van der Waals surface area contributed by atoms with Gasteiger partial charge in [-0.2, -0.15) is 0 Å². The monoisotopic (exact) mass is 301 g/mol. The molecule has 0 saturated heterocycles. The summed E-state index contributed by atoms with van der Waals surface area (Å²) >= 11 is 1.64. The molecule has 3 heterocycles. The fraction of sp³-hybridized carbons (Fsp3) is 0. The third-order valence-electron chi connectivity index (χ3n) is 4.03. The Balaban J connectivity index is 1.91. The maximum atomic E-state index is 4.87. The van der Waals surface area contributed by atoms with Crippen molar-refractivity contribution >= 4 is 34.6 Å². The third kappa shape index (κ3) is 1.58. The average Bonchev–Trinajstić information content (AvgIpc) is 2.78. The molecule has 22 heavy (non-hydrogen) atoms. The van der Waals surface area contributed by atoms with E-state index in [2.05, 4.69) is 46.1 Å². The molecule has 4 heteroatoms. The molecule has 0 atom stereocenters. The molecule has 0 spiro atoms. The summed E-state index contributed by atoms with van der Waals surface area (Å²) in [5.74, 6) is 0. The minimum atomic E-state index is 0.989. The number of nitrogens with one attached hydrogen (secondary N) is 1. The van der Waals surface area contributed by atoms with E-state index in [1.54, 1.807) is 11.9 Å². The number of benzene rings is 2. The molecule has 2 aliphatic rings. The number of rotatable bonds is 0. The molecule has 2 aromatic carbocycles. The second-order valence-electron chi connectivity index (χ2n) is 5.27. The van der Waals surface area contributed by atoms with Gasteiger partial charge in [0.25, 0.3) is 0 Å². The minimum absolute atomic E-state index is 0.989. The Morgan fingerprint density at radius 3 is 3.05 bits per heavy atom. The predicted molar refractivity (Wildman–Crippen MR) is 90.2 cm³/mol. The van der Waals surface area contributed by atoms with Crippen molar-refractivity contribution < 1.29 is 0 Å². The smallest absolute Gasteiger partial charge is 0.0810 e. The van der Waals surface area contributed by atoms with Crippen LogP contribution >= 0.6 is 11.9 Å². The van der Waals surface area contributed by atoms with Crippen molar-refractivity contribution in [3.05, 3.63) is 65.4 Å². The lowest BCUT2D eigenvalue weighted by atomic mass is 10.0. The quantitative estimate of drug-likeness (QED) is 0.507. The zero-order chi connectivity index (χ0) is 14.5. The topological polar surface area (TPSA) is 37.3 Å². The lowest BCUT2D eigenvalue weighted by Gasteiger charge is -2.08. The molecule has 3 aromatic rings. The Morgan fingerprint density at radius 2 is 2.05 bits per heavy atom. The van der Waals surface area contributed by atoms with Crippen molar-refractivity contribution in [2.75, 3.05) is 0 Å². The minimum Gasteiger partial charge on any atom is -0.332 e. The van der Waals surface area contributed by atoms with Gasteiger partial charge in [0.1, 0.15) is 0 Å². The summed E-state index contributed by atoms with van der Waals surface area (Å²) in [4.78, 5) is 10.5. The summed E-state index contributed by atoms with van der Waals surface area (Å²) in [5.41, 5.74) is 4.43. The second-order valence-corrected chi connectivity index (χ2v) is 6.12. The average molecular weight is 301 g/mol. The normalized spacial score (nSPS) is 14.2. The molecule has 1 aromatic heterocycles. The van der Waals surface area contributed by atoms with Gasteiger partial charge >= 0.3 is 0 Å². The molecule has 0 aliphatic carbocycles. The number of hydrogen-bond acceptors (Lipinski definition) is 4. The molecule has 2 aliphatic heterocycles. The molecule has 0 radical (unpaired) electrons. The number of aromatic nitrogens is 1. The van der Waals surface area contributed by atoms with E-state index >= 15 is 0 Å². The first-order valence-electron chi connectivity index (χ1n) is 7.11. The second kappa shape index (κ2) is 4.45. The van der Waals surface area contributed by atoms with Gasteiger partial charge in [-0.05, 0) is 53.6 Å². The van der Waals surface area contributed by atoms with Crippen LogP contribution in [-0.4, -0.2) is 4.98 Å². The first-order valence-corrected chi connectivity index (χ1v) is 7.92. The maximum Gasteiger partial charge on any atom is 0.0810 e. The van der Waals surface area contributed by atoms with E-state index in [9.17, 15) is 0 Å². The largest absolute Gasteiger partial charge is 0.332 e. The Hall–Kier alpha value is -2.59. The van der Waals surface area contributed by atoms with Crippen LogP contribution in [0.3, 0.4) is 0 Å². The van der Waals surface area contributed by atoms with E-state index in [1.165, 1.54) is 21.2 Å². The third-order valence-corrected chi connectivity index (χ3v) is 4.92. The summed E-state index contributed by atoms with van der Waals surface area (Å²) in [6.45, 7) is 0. The van der Waals surface area contributed by atoms with E-state index in [-0.39, 0.29) is 0 Å². The van der Waals surface area contributed by atoms with Gasteiger partial charge < -0.3 is 4.72 Å². The molecule has 104 valence electrons. The van der Waals surface area contributed by atoms with Crippen LogP contribution in [-0.2, 0) is 0 Å². The number of pyridine rings is 1. The molecule has 0 unspecified atom stereocenters. The Labute approximate surface area is 131 Å². The number of fused-ring (bicyclic) bond motifs is 7. The number of nitrogens with zero attached hydrogens (tertiary/aromatic N) is 2. The molecule has 0 saturated carbocycles. The fourth-order valence-electron chi connectivity index (χ4n) is 3.05. The molecule has 0 bridgehead atoms. The molecule has 5 rings (SSSR count). The standard InChI is InChI=1S/C18H11N3S/c1-3-11-5-7-15-16(18(11)22-20-10-1)13-6-8-14-12(17(13)21-15)4-2-9-19-14/h1-10,20H. The molecule has 1 N–H and O–H groups in total. The van der Waals surface area contributed by atoms with Crippen LogP contribution in [0.15, 0.2) is 64.8 Å². The van der Waals surface area contributed by atoms with E-state index in [0.717, 1.165) is 21.9 Å². The maximum absolute atomic E-state index is 4.87. The lowest BCUT2D eigenvalue weighted by Crippen LogP contribution is -2.14. The zero-order valence-corrected chi connectivity index (χ0v) is 12.4. The molecular formula is C18H11N3S. The highest BCUT2D eigenvalue weighted by Crippen LogP contribution is 2.40. The Bertz CT molecular complexity index is 1080. The summed E-state index contributed by atoms with van der Waals surface area (Å²) < 4.78 is 3.25. The van der Waals surface area contributed by atoms with E-state index in [0.29, 0.717) is 0 Å². The van der Waals surface area contributed by atoms with E-state index in [4.69, 9.17) is 4.99 Å². The van der Waals surface area contributed by atoms with Crippen molar-refractivity contribution in [1.82, 2.24) is 9.71 Å². The predicted octanol–water partition coefficient (Wildman–Crippen LogP) is 3.07. The highest BCUT2D eigenvalue weighted by atomic mass is 32.2. The van der Waals surface area contributed by atoms with Gasteiger partial charge in [-0.15, -0.1) is 0 Å².